The van der Waals surface area contributed by atoms with Gasteiger partial charge in [-0.3, -0.25) is 4.79 Å². The SMILES string of the molecule is CCCCN(CC)C(=O)CCCC[n+]1ccccc1.[Br-]. The molecule has 1 aromatic heterocycles. The Labute approximate surface area is 133 Å². The number of amides is 1. The van der Waals surface area contributed by atoms with Crippen LogP contribution in [0.3, 0.4) is 0 Å². The third kappa shape index (κ3) is 7.63. The van der Waals surface area contributed by atoms with Crippen molar-refractivity contribution in [3.8, 4) is 0 Å². The molecule has 0 bridgehead atoms. The Morgan fingerprint density at radius 2 is 1.75 bits per heavy atom. The second-order valence-corrected chi connectivity index (χ2v) is 4.90. The third-order valence-electron chi connectivity index (χ3n) is 3.35. The van der Waals surface area contributed by atoms with Crippen LogP contribution in [0.25, 0.3) is 0 Å². The Hall–Kier alpha value is -0.900. The van der Waals surface area contributed by atoms with Gasteiger partial charge in [-0.05, 0) is 19.8 Å². The van der Waals surface area contributed by atoms with Crippen LogP contribution < -0.4 is 21.5 Å². The number of carbonyl (C=O) groups is 1. The smallest absolute Gasteiger partial charge is 0.222 e. The molecular formula is C16H27BrN2O. The molecule has 1 rings (SSSR count). The maximum absolute atomic E-state index is 12.0. The number of halogens is 1. The first-order chi connectivity index (χ1) is 9.27. The quantitative estimate of drug-likeness (QED) is 0.450. The summed E-state index contributed by atoms with van der Waals surface area (Å²) >= 11 is 0. The summed E-state index contributed by atoms with van der Waals surface area (Å²) in [5, 5.41) is 0. The fraction of sp³-hybridized carbons (Fsp3) is 0.625. The first-order valence-electron chi connectivity index (χ1n) is 7.49. The lowest BCUT2D eigenvalue weighted by Gasteiger charge is -2.20. The van der Waals surface area contributed by atoms with Gasteiger partial charge in [0.2, 0.25) is 5.91 Å². The lowest BCUT2D eigenvalue weighted by atomic mass is 10.2. The monoisotopic (exact) mass is 342 g/mol. The normalized spacial score (nSPS) is 9.90. The second kappa shape index (κ2) is 11.9. The van der Waals surface area contributed by atoms with E-state index in [1.54, 1.807) is 0 Å². The van der Waals surface area contributed by atoms with Crippen LogP contribution in [0.2, 0.25) is 0 Å². The van der Waals surface area contributed by atoms with Gasteiger partial charge in [0.25, 0.3) is 0 Å². The van der Waals surface area contributed by atoms with Gasteiger partial charge in [-0.1, -0.05) is 19.4 Å². The van der Waals surface area contributed by atoms with Crippen LogP contribution in [-0.2, 0) is 11.3 Å². The van der Waals surface area contributed by atoms with Crippen molar-refractivity contribution in [2.75, 3.05) is 13.1 Å². The fourth-order valence-electron chi connectivity index (χ4n) is 2.12. The van der Waals surface area contributed by atoms with Crippen molar-refractivity contribution in [3.63, 3.8) is 0 Å². The highest BCUT2D eigenvalue weighted by Gasteiger charge is 2.10. The number of pyridine rings is 1. The van der Waals surface area contributed by atoms with E-state index in [0.29, 0.717) is 12.3 Å². The van der Waals surface area contributed by atoms with Crippen molar-refractivity contribution in [1.29, 1.82) is 0 Å². The molecule has 0 saturated heterocycles. The molecule has 0 saturated carbocycles. The van der Waals surface area contributed by atoms with E-state index in [0.717, 1.165) is 45.3 Å². The highest BCUT2D eigenvalue weighted by Crippen LogP contribution is 2.03. The fourth-order valence-corrected chi connectivity index (χ4v) is 2.12. The molecule has 0 spiro atoms. The Morgan fingerprint density at radius 3 is 2.35 bits per heavy atom. The van der Waals surface area contributed by atoms with Crippen LogP contribution in [0.1, 0.15) is 46.0 Å². The van der Waals surface area contributed by atoms with E-state index in [4.69, 9.17) is 0 Å². The van der Waals surface area contributed by atoms with Crippen LogP contribution in [0.15, 0.2) is 30.6 Å². The zero-order valence-corrected chi connectivity index (χ0v) is 14.3. The number of hydrogen-bond acceptors (Lipinski definition) is 1. The molecule has 3 nitrogen and oxygen atoms in total. The van der Waals surface area contributed by atoms with Crippen LogP contribution in [0.4, 0.5) is 0 Å². The molecular weight excluding hydrogens is 316 g/mol. The predicted octanol–water partition coefficient (Wildman–Crippen LogP) is -0.203. The highest BCUT2D eigenvalue weighted by molar-refractivity contribution is 5.76. The Balaban J connectivity index is 0.00000361. The largest absolute Gasteiger partial charge is 1.00 e. The number of rotatable bonds is 9. The Kier molecular flexibility index (Phi) is 11.4. The zero-order chi connectivity index (χ0) is 13.9. The van der Waals surface area contributed by atoms with Crippen molar-refractivity contribution >= 4 is 5.91 Å². The summed E-state index contributed by atoms with van der Waals surface area (Å²) in [6.45, 7) is 6.98. The van der Waals surface area contributed by atoms with Gasteiger partial charge >= 0.3 is 0 Å². The summed E-state index contributed by atoms with van der Waals surface area (Å²) < 4.78 is 2.17. The first kappa shape index (κ1) is 19.1. The molecule has 0 aromatic carbocycles. The Morgan fingerprint density at radius 1 is 1.05 bits per heavy atom. The van der Waals surface area contributed by atoms with E-state index in [9.17, 15) is 4.79 Å². The minimum absolute atomic E-state index is 0. The molecule has 0 unspecified atom stereocenters. The molecule has 0 aliphatic heterocycles. The molecule has 0 aliphatic carbocycles. The van der Waals surface area contributed by atoms with Crippen molar-refractivity contribution in [3.05, 3.63) is 30.6 Å². The van der Waals surface area contributed by atoms with Gasteiger partial charge in [-0.2, -0.15) is 0 Å². The molecule has 1 amide bonds. The van der Waals surface area contributed by atoms with Crippen LogP contribution in [0.5, 0.6) is 0 Å². The van der Waals surface area contributed by atoms with E-state index >= 15 is 0 Å². The molecule has 20 heavy (non-hydrogen) atoms. The molecule has 0 fully saturated rings. The summed E-state index contributed by atoms with van der Waals surface area (Å²) in [5.41, 5.74) is 0. The zero-order valence-electron chi connectivity index (χ0n) is 12.7. The number of unbranched alkanes of at least 4 members (excludes halogenated alkanes) is 2. The molecule has 4 heteroatoms. The number of carbonyl (C=O) groups excluding carboxylic acids is 1. The maximum Gasteiger partial charge on any atom is 0.222 e. The van der Waals surface area contributed by atoms with E-state index in [1.807, 2.05) is 23.1 Å². The highest BCUT2D eigenvalue weighted by atomic mass is 79.9. The second-order valence-electron chi connectivity index (χ2n) is 4.90. The number of aromatic nitrogens is 1. The predicted molar refractivity (Wildman–Crippen MR) is 77.7 cm³/mol. The van der Waals surface area contributed by atoms with E-state index < -0.39 is 0 Å². The Bertz CT molecular complexity index is 357. The van der Waals surface area contributed by atoms with Gasteiger partial charge in [-0.15, -0.1) is 0 Å². The van der Waals surface area contributed by atoms with Crippen LogP contribution in [0, 0.1) is 0 Å². The lowest BCUT2D eigenvalue weighted by molar-refractivity contribution is -0.697. The van der Waals surface area contributed by atoms with Gasteiger partial charge in [-0.25, -0.2) is 4.57 Å². The molecule has 0 atom stereocenters. The summed E-state index contributed by atoms with van der Waals surface area (Å²) in [7, 11) is 0. The van der Waals surface area contributed by atoms with Crippen molar-refractivity contribution in [2.45, 2.75) is 52.5 Å². The molecule has 1 aromatic rings. The summed E-state index contributed by atoms with van der Waals surface area (Å²) in [6, 6.07) is 6.09. The lowest BCUT2D eigenvalue weighted by Crippen LogP contribution is -3.00. The topological polar surface area (TPSA) is 24.2 Å². The average molecular weight is 343 g/mol. The van der Waals surface area contributed by atoms with Gasteiger partial charge < -0.3 is 21.9 Å². The number of hydrogen-bond donors (Lipinski definition) is 0. The van der Waals surface area contributed by atoms with Gasteiger partial charge in [0.05, 0.1) is 0 Å². The maximum atomic E-state index is 12.0. The minimum Gasteiger partial charge on any atom is -1.00 e. The average Bonchev–Trinajstić information content (AvgIpc) is 2.45. The van der Waals surface area contributed by atoms with Gasteiger partial charge in [0, 0.05) is 38.1 Å². The third-order valence-corrected chi connectivity index (χ3v) is 3.35. The van der Waals surface area contributed by atoms with E-state index in [2.05, 4.69) is 30.8 Å². The minimum atomic E-state index is 0. The van der Waals surface area contributed by atoms with Crippen LogP contribution >= 0.6 is 0 Å². The van der Waals surface area contributed by atoms with Crippen LogP contribution in [-0.4, -0.2) is 23.9 Å². The summed E-state index contributed by atoms with van der Waals surface area (Å²) in [5.74, 6) is 0.314. The summed E-state index contributed by atoms with van der Waals surface area (Å²) in [6.07, 6.45) is 9.12. The van der Waals surface area contributed by atoms with E-state index in [1.165, 1.54) is 0 Å². The molecule has 0 radical (unpaired) electrons. The molecule has 114 valence electrons. The molecule has 0 N–H and O–H groups in total. The number of aryl methyl sites for hydroxylation is 1. The first-order valence-corrected chi connectivity index (χ1v) is 7.49. The van der Waals surface area contributed by atoms with Gasteiger partial charge in [0.15, 0.2) is 12.4 Å². The van der Waals surface area contributed by atoms with Crippen molar-refractivity contribution in [1.82, 2.24) is 4.90 Å². The standard InChI is InChI=1S/C16H27N2O.BrH/c1-3-5-15-18(4-2)16(19)11-7-10-14-17-12-8-6-9-13-17;/h6,8-9,12-13H,3-5,7,10-11,14-15H2,1-2H3;1H/q+1;/p-1. The molecule has 1 heterocycles. The number of nitrogens with zero attached hydrogens (tertiary/aromatic N) is 2. The summed E-state index contributed by atoms with van der Waals surface area (Å²) in [4.78, 5) is 14.0. The molecule has 0 aliphatic rings. The van der Waals surface area contributed by atoms with Crippen molar-refractivity contribution in [2.24, 2.45) is 0 Å². The van der Waals surface area contributed by atoms with E-state index in [-0.39, 0.29) is 17.0 Å². The van der Waals surface area contributed by atoms with Gasteiger partial charge in [0.1, 0.15) is 6.54 Å². The van der Waals surface area contributed by atoms with Crippen molar-refractivity contribution < 1.29 is 26.3 Å².